The second kappa shape index (κ2) is 4.04. The Kier molecular flexibility index (Phi) is 3.20. The number of amides is 2. The van der Waals surface area contributed by atoms with Gasteiger partial charge in [-0.05, 0) is 0 Å². The summed E-state index contributed by atoms with van der Waals surface area (Å²) in [6, 6.07) is -0.991. The molecule has 0 atom stereocenters. The van der Waals surface area contributed by atoms with Crippen molar-refractivity contribution in [1.29, 1.82) is 0 Å². The van der Waals surface area contributed by atoms with E-state index in [0.29, 0.717) is 0 Å². The molecule has 1 heterocycles. The Morgan fingerprint density at radius 2 is 2.07 bits per heavy atom. The van der Waals surface area contributed by atoms with E-state index < -0.39 is 12.3 Å². The van der Waals surface area contributed by atoms with Crippen molar-refractivity contribution in [3.63, 3.8) is 0 Å². The minimum atomic E-state index is -4.57. The number of hydrogen-bond acceptors (Lipinski definition) is 2. The Hall–Kier alpha value is -0.980. The molecule has 14 heavy (non-hydrogen) atoms. The molecule has 82 valence electrons. The van der Waals surface area contributed by atoms with Gasteiger partial charge >= 0.3 is 12.3 Å². The van der Waals surface area contributed by atoms with Crippen LogP contribution in [0.4, 0.5) is 18.0 Å². The van der Waals surface area contributed by atoms with Crippen LogP contribution in [-0.4, -0.2) is 55.5 Å². The molecule has 0 spiro atoms. The Morgan fingerprint density at radius 3 is 2.50 bits per heavy atom. The maximum Gasteiger partial charge on any atom is 0.488 e. The van der Waals surface area contributed by atoms with Crippen molar-refractivity contribution in [2.45, 2.75) is 6.30 Å². The van der Waals surface area contributed by atoms with Gasteiger partial charge in [0.1, 0.15) is 0 Å². The summed E-state index contributed by atoms with van der Waals surface area (Å²) in [5, 5.41) is 0. The third-order valence-corrected chi connectivity index (χ3v) is 1.97. The second-order valence-corrected chi connectivity index (χ2v) is 2.88. The summed E-state index contributed by atoms with van der Waals surface area (Å²) in [6.45, 7) is 0.243. The third-order valence-electron chi connectivity index (χ3n) is 1.97. The van der Waals surface area contributed by atoms with Crippen molar-refractivity contribution < 1.29 is 22.7 Å². The number of methoxy groups -OCH3 is 1. The summed E-state index contributed by atoms with van der Waals surface area (Å²) in [7, 11) is 1.43. The van der Waals surface area contributed by atoms with E-state index in [1.165, 1.54) is 7.11 Å². The number of hydrogen-bond donors (Lipinski definition) is 0. The van der Waals surface area contributed by atoms with Gasteiger partial charge < -0.3 is 9.64 Å². The number of carbonyl (C=O) groups is 1. The maximum atomic E-state index is 12.2. The number of halogens is 3. The molecule has 0 unspecified atom stereocenters. The quantitative estimate of drug-likeness (QED) is 0.651. The highest BCUT2D eigenvalue weighted by Crippen LogP contribution is 2.25. The second-order valence-electron chi connectivity index (χ2n) is 2.88. The molecule has 7 heteroatoms. The minimum absolute atomic E-state index is 0.0946. The molecule has 0 aromatic rings. The number of nitrogens with zero attached hydrogens (tertiary/aromatic N) is 2. The predicted molar refractivity (Wildman–Crippen MR) is 41.6 cm³/mol. The molecule has 1 fully saturated rings. The summed E-state index contributed by atoms with van der Waals surface area (Å²) >= 11 is 0. The number of ether oxygens (including phenoxy) is 1. The molecule has 0 radical (unpaired) electrons. The number of carbonyl (C=O) groups excluding carboxylic acids is 1. The zero-order valence-electron chi connectivity index (χ0n) is 7.67. The van der Waals surface area contributed by atoms with Crippen molar-refractivity contribution in [1.82, 2.24) is 9.80 Å². The Bertz CT molecular complexity index is 219. The van der Waals surface area contributed by atoms with Crippen LogP contribution in [0.5, 0.6) is 0 Å². The predicted octanol–water partition coefficient (Wildman–Crippen LogP) is 0.890. The van der Waals surface area contributed by atoms with Crippen molar-refractivity contribution in [3.8, 4) is 0 Å². The molecule has 0 saturated carbocycles. The van der Waals surface area contributed by atoms with Crippen molar-refractivity contribution >= 4 is 6.03 Å². The molecule has 2 amide bonds. The van der Waals surface area contributed by atoms with Crippen LogP contribution in [0.15, 0.2) is 0 Å². The van der Waals surface area contributed by atoms with Crippen LogP contribution in [0.25, 0.3) is 0 Å². The molecule has 0 N–H and O–H groups in total. The maximum absolute atomic E-state index is 12.2. The fraction of sp³-hybridized carbons (Fsp3) is 0.857. The number of alkyl halides is 3. The SMILES string of the molecule is COCCN1CCN(C(F)(F)F)C1=O. The lowest BCUT2D eigenvalue weighted by atomic mass is 10.5. The molecule has 4 nitrogen and oxygen atoms in total. The van der Waals surface area contributed by atoms with E-state index in [4.69, 9.17) is 0 Å². The average molecular weight is 212 g/mol. The van der Waals surface area contributed by atoms with Crippen molar-refractivity contribution in [3.05, 3.63) is 0 Å². The third kappa shape index (κ3) is 2.28. The van der Waals surface area contributed by atoms with Crippen molar-refractivity contribution in [2.24, 2.45) is 0 Å². The normalized spacial score (nSPS) is 18.1. The lowest BCUT2D eigenvalue weighted by molar-refractivity contribution is -0.218. The van der Waals surface area contributed by atoms with E-state index in [1.54, 1.807) is 0 Å². The molecule has 0 bridgehead atoms. The number of urea groups is 1. The first-order valence-electron chi connectivity index (χ1n) is 4.09. The van der Waals surface area contributed by atoms with Gasteiger partial charge in [0.05, 0.1) is 6.61 Å². The van der Waals surface area contributed by atoms with Gasteiger partial charge in [-0.25, -0.2) is 9.69 Å². The summed E-state index contributed by atoms with van der Waals surface area (Å²) in [5.41, 5.74) is 0. The summed E-state index contributed by atoms with van der Waals surface area (Å²) in [5.74, 6) is 0. The van der Waals surface area contributed by atoms with E-state index in [9.17, 15) is 18.0 Å². The number of rotatable bonds is 3. The summed E-state index contributed by atoms with van der Waals surface area (Å²) in [4.78, 5) is 12.2. The highest BCUT2D eigenvalue weighted by atomic mass is 19.4. The van der Waals surface area contributed by atoms with Gasteiger partial charge in [-0.1, -0.05) is 0 Å². The van der Waals surface area contributed by atoms with Crippen LogP contribution in [0.1, 0.15) is 0 Å². The van der Waals surface area contributed by atoms with Crippen molar-refractivity contribution in [2.75, 3.05) is 33.4 Å². The molecule has 0 aliphatic carbocycles. The van der Waals surface area contributed by atoms with E-state index in [0.717, 1.165) is 4.90 Å². The smallest absolute Gasteiger partial charge is 0.383 e. The molecule has 1 rings (SSSR count). The van der Waals surface area contributed by atoms with Gasteiger partial charge in [-0.15, -0.1) is 13.2 Å². The molecule has 1 aliphatic heterocycles. The highest BCUT2D eigenvalue weighted by Gasteiger charge is 2.46. The summed E-state index contributed by atoms with van der Waals surface area (Å²) < 4.78 is 41.1. The standard InChI is InChI=1S/C7H11F3N2O2/c1-14-5-4-11-2-3-12(6(11)13)7(8,9)10/h2-5H2,1H3. The molecular formula is C7H11F3N2O2. The van der Waals surface area contributed by atoms with Crippen LogP contribution < -0.4 is 0 Å². The lowest BCUT2D eigenvalue weighted by Gasteiger charge is -2.20. The zero-order chi connectivity index (χ0) is 10.8. The fourth-order valence-corrected chi connectivity index (χ4v) is 1.23. The average Bonchev–Trinajstić information content (AvgIpc) is 2.42. The van der Waals surface area contributed by atoms with Gasteiger partial charge in [0.15, 0.2) is 0 Å². The minimum Gasteiger partial charge on any atom is -0.383 e. The lowest BCUT2D eigenvalue weighted by Crippen LogP contribution is -2.42. The molecule has 0 aromatic heterocycles. The fourth-order valence-electron chi connectivity index (χ4n) is 1.23. The summed E-state index contributed by atoms with van der Waals surface area (Å²) in [6.07, 6.45) is -4.57. The van der Waals surface area contributed by atoms with E-state index >= 15 is 0 Å². The molecule has 1 saturated heterocycles. The largest absolute Gasteiger partial charge is 0.488 e. The monoisotopic (exact) mass is 212 g/mol. The van der Waals surface area contributed by atoms with Crippen LogP contribution in [-0.2, 0) is 4.74 Å². The Balaban J connectivity index is 2.52. The molecular weight excluding hydrogens is 201 g/mol. The first-order chi connectivity index (χ1) is 6.46. The Labute approximate surface area is 79.2 Å². The first-order valence-corrected chi connectivity index (χ1v) is 4.09. The molecule has 1 aliphatic rings. The highest BCUT2D eigenvalue weighted by molar-refractivity contribution is 5.76. The van der Waals surface area contributed by atoms with Crippen LogP contribution >= 0.6 is 0 Å². The van der Waals surface area contributed by atoms with Gasteiger partial charge in [-0.2, -0.15) is 0 Å². The van der Waals surface area contributed by atoms with Crippen LogP contribution in [0.2, 0.25) is 0 Å². The Morgan fingerprint density at radius 1 is 1.43 bits per heavy atom. The van der Waals surface area contributed by atoms with Gasteiger partial charge in [0.2, 0.25) is 0 Å². The van der Waals surface area contributed by atoms with Gasteiger partial charge in [0, 0.05) is 26.7 Å². The molecule has 0 aromatic carbocycles. The van der Waals surface area contributed by atoms with E-state index in [2.05, 4.69) is 4.74 Å². The topological polar surface area (TPSA) is 32.8 Å². The van der Waals surface area contributed by atoms with Crippen LogP contribution in [0, 0.1) is 0 Å². The zero-order valence-corrected chi connectivity index (χ0v) is 7.67. The van der Waals surface area contributed by atoms with E-state index in [-0.39, 0.29) is 31.1 Å². The van der Waals surface area contributed by atoms with E-state index in [1.807, 2.05) is 0 Å². The first kappa shape index (κ1) is 11.1. The van der Waals surface area contributed by atoms with Gasteiger partial charge in [0.25, 0.3) is 0 Å². The van der Waals surface area contributed by atoms with Crippen LogP contribution in [0.3, 0.4) is 0 Å². The van der Waals surface area contributed by atoms with Gasteiger partial charge in [-0.3, -0.25) is 0 Å².